The van der Waals surface area contributed by atoms with Crippen molar-refractivity contribution in [2.75, 3.05) is 5.75 Å². The average molecular weight is 408 g/mol. The van der Waals surface area contributed by atoms with Gasteiger partial charge in [0.2, 0.25) is 5.66 Å². The van der Waals surface area contributed by atoms with Gasteiger partial charge in [0.05, 0.1) is 27.1 Å². The van der Waals surface area contributed by atoms with E-state index in [-0.39, 0.29) is 27.6 Å². The maximum atomic E-state index is 11.7. The fourth-order valence-corrected chi connectivity index (χ4v) is 4.23. The van der Waals surface area contributed by atoms with Crippen molar-refractivity contribution < 1.29 is 30.7 Å². The van der Waals surface area contributed by atoms with Crippen molar-refractivity contribution >= 4 is 38.1 Å². The fourth-order valence-electron chi connectivity index (χ4n) is 2.34. The molecule has 1 aliphatic heterocycles. The molecule has 0 bridgehead atoms. The van der Waals surface area contributed by atoms with Crippen LogP contribution in [-0.2, 0) is 25.0 Å². The lowest BCUT2D eigenvalue weighted by Gasteiger charge is -2.24. The van der Waals surface area contributed by atoms with Gasteiger partial charge in [0.1, 0.15) is 11.3 Å². The number of hydrogen-bond acceptors (Lipinski definition) is 8. The molecule has 2 rings (SSSR count). The van der Waals surface area contributed by atoms with Gasteiger partial charge in [-0.2, -0.15) is 22.1 Å². The van der Waals surface area contributed by atoms with E-state index >= 15 is 0 Å². The summed E-state index contributed by atoms with van der Waals surface area (Å²) >= 11 is 5.84. The number of nitriles is 1. The lowest BCUT2D eigenvalue weighted by molar-refractivity contribution is -0.112. The van der Waals surface area contributed by atoms with Crippen molar-refractivity contribution in [1.29, 1.82) is 5.26 Å². The minimum absolute atomic E-state index is 0.00223. The van der Waals surface area contributed by atoms with Gasteiger partial charge in [-0.15, -0.1) is 0 Å². The zero-order valence-corrected chi connectivity index (χ0v) is 14.6. The summed E-state index contributed by atoms with van der Waals surface area (Å²) in [6.45, 7) is 0. The van der Waals surface area contributed by atoms with E-state index in [1.165, 1.54) is 12.1 Å². The Hall–Kier alpha value is -1.91. The molecule has 1 aromatic carbocycles. The minimum Gasteiger partial charge on any atom is -0.298 e. The molecule has 0 saturated heterocycles. The summed E-state index contributed by atoms with van der Waals surface area (Å²) in [6, 6.07) is 4.14. The zero-order valence-electron chi connectivity index (χ0n) is 12.2. The number of fused-ring (bicyclic) bond motifs is 1. The number of halogens is 1. The highest BCUT2D eigenvalue weighted by atomic mass is 35.5. The van der Waals surface area contributed by atoms with Gasteiger partial charge in [-0.05, 0) is 18.6 Å². The minimum atomic E-state index is -4.98. The Balaban J connectivity index is 2.66. The summed E-state index contributed by atoms with van der Waals surface area (Å²) in [4.78, 5) is 19.3. The lowest BCUT2D eigenvalue weighted by Crippen LogP contribution is -2.46. The second-order valence-electron chi connectivity index (χ2n) is 5.14. The monoisotopic (exact) mass is 407 g/mol. The third-order valence-electron chi connectivity index (χ3n) is 3.43. The second kappa shape index (κ2) is 6.43. The summed E-state index contributed by atoms with van der Waals surface area (Å²) in [5.74, 6) is -1.04. The van der Waals surface area contributed by atoms with Crippen LogP contribution in [0.4, 0.5) is 0 Å². The first kappa shape index (κ1) is 19.4. The van der Waals surface area contributed by atoms with E-state index in [2.05, 4.69) is 9.98 Å². The highest BCUT2D eigenvalue weighted by Gasteiger charge is 2.48. The van der Waals surface area contributed by atoms with Gasteiger partial charge in [0.25, 0.3) is 20.2 Å². The Labute approximate surface area is 147 Å². The van der Waals surface area contributed by atoms with Crippen LogP contribution in [0.1, 0.15) is 12.0 Å². The maximum Gasteiger partial charge on any atom is 0.272 e. The van der Waals surface area contributed by atoms with Gasteiger partial charge in [0, 0.05) is 0 Å². The predicted octanol–water partition coefficient (Wildman–Crippen LogP) is -1.11. The Kier molecular flexibility index (Phi) is 4.99. The molecule has 1 aromatic rings. The number of carbonyl (C=O) groups excluding carboxylic acids is 1. The van der Waals surface area contributed by atoms with Crippen LogP contribution in [0.15, 0.2) is 22.1 Å². The van der Waals surface area contributed by atoms with Crippen LogP contribution >= 0.6 is 11.6 Å². The van der Waals surface area contributed by atoms with Gasteiger partial charge >= 0.3 is 0 Å². The van der Waals surface area contributed by atoms with E-state index in [0.29, 0.717) is 0 Å². The van der Waals surface area contributed by atoms with E-state index in [4.69, 9.17) is 21.4 Å². The first-order chi connectivity index (χ1) is 11.4. The van der Waals surface area contributed by atoms with Crippen LogP contribution in [0.5, 0.6) is 0 Å². The molecule has 2 N–H and O–H groups in total. The van der Waals surface area contributed by atoms with Crippen molar-refractivity contribution in [1.82, 2.24) is 0 Å². The number of benzene rings is 1. The molecule has 134 valence electrons. The van der Waals surface area contributed by atoms with Gasteiger partial charge in [-0.3, -0.25) is 13.9 Å². The number of hydrogen-bond donors (Lipinski definition) is 2. The first-order valence-electron chi connectivity index (χ1n) is 6.49. The molecule has 2 atom stereocenters. The standard InChI is InChI=1S/C12H10ClN3O7S2/c13-8-4-10-9(3-7(8)5-14)15-12(6-17,16-10)11(25(21,22)23)1-2-24(18,19)20/h3-4,6,11H,1-2H2,(H,18,19,20)(H,21,22,23). The molecule has 0 amide bonds. The first-order valence-corrected chi connectivity index (χ1v) is 9.98. The summed E-state index contributed by atoms with van der Waals surface area (Å²) < 4.78 is 63.3. The van der Waals surface area contributed by atoms with Gasteiger partial charge in [-0.1, -0.05) is 11.6 Å². The van der Waals surface area contributed by atoms with Gasteiger partial charge in [-0.25, -0.2) is 9.98 Å². The van der Waals surface area contributed by atoms with Gasteiger partial charge < -0.3 is 0 Å². The molecular formula is C12H10ClN3O7S2. The van der Waals surface area contributed by atoms with Crippen LogP contribution < -0.4 is 10.7 Å². The van der Waals surface area contributed by atoms with Crippen molar-refractivity contribution in [3.63, 3.8) is 0 Å². The Morgan fingerprint density at radius 1 is 1.24 bits per heavy atom. The molecule has 0 saturated carbocycles. The quantitative estimate of drug-likeness (QED) is 0.440. The van der Waals surface area contributed by atoms with Crippen molar-refractivity contribution in [3.05, 3.63) is 33.4 Å². The highest BCUT2D eigenvalue weighted by Crippen LogP contribution is 2.26. The summed E-state index contributed by atoms with van der Waals surface area (Å²) in [5, 5.41) is 6.85. The van der Waals surface area contributed by atoms with Crippen LogP contribution in [0.3, 0.4) is 0 Å². The molecule has 25 heavy (non-hydrogen) atoms. The van der Waals surface area contributed by atoms with Crippen LogP contribution in [0.2, 0.25) is 5.02 Å². The molecule has 1 aliphatic rings. The number of aldehydes is 1. The Morgan fingerprint density at radius 3 is 2.24 bits per heavy atom. The molecule has 10 nitrogen and oxygen atoms in total. The summed E-state index contributed by atoms with van der Waals surface area (Å²) in [5.41, 5.74) is -2.36. The normalized spacial score (nSPS) is 20.7. The van der Waals surface area contributed by atoms with Crippen LogP contribution in [-0.4, -0.2) is 48.9 Å². The topological polar surface area (TPSA) is 174 Å². The van der Waals surface area contributed by atoms with E-state index < -0.39 is 43.3 Å². The van der Waals surface area contributed by atoms with E-state index in [1.807, 2.05) is 0 Å². The smallest absolute Gasteiger partial charge is 0.272 e. The fraction of sp³-hybridized carbons (Fsp3) is 0.333. The highest BCUT2D eigenvalue weighted by molar-refractivity contribution is 7.87. The lowest BCUT2D eigenvalue weighted by atomic mass is 10.1. The van der Waals surface area contributed by atoms with E-state index in [1.54, 1.807) is 6.07 Å². The number of nitrogens with zero attached hydrogens (tertiary/aromatic N) is 3. The molecule has 0 spiro atoms. The molecule has 0 aromatic heterocycles. The largest absolute Gasteiger partial charge is 0.298 e. The molecule has 2 unspecified atom stereocenters. The van der Waals surface area contributed by atoms with Gasteiger partial charge in [0.15, 0.2) is 6.29 Å². The maximum absolute atomic E-state index is 11.7. The SMILES string of the molecule is N#Cc1cc2c(cc1Cl)=NC(C=O)(C(CCS(=O)(=O)O)S(=O)(=O)O)N=2. The Bertz CT molecular complexity index is 1110. The van der Waals surface area contributed by atoms with Crippen molar-refractivity contribution in [2.45, 2.75) is 17.3 Å². The van der Waals surface area contributed by atoms with Crippen LogP contribution in [0.25, 0.3) is 0 Å². The summed E-state index contributed by atoms with van der Waals surface area (Å²) in [6.07, 6.45) is -0.800. The molecular weight excluding hydrogens is 398 g/mol. The molecule has 0 fully saturated rings. The molecule has 0 radical (unpaired) electrons. The molecule has 0 aliphatic carbocycles. The second-order valence-corrected chi connectivity index (χ2v) is 8.71. The number of carbonyl (C=O) groups is 1. The Morgan fingerprint density at radius 2 is 1.80 bits per heavy atom. The summed E-state index contributed by atoms with van der Waals surface area (Å²) in [7, 11) is -9.54. The van der Waals surface area contributed by atoms with Crippen LogP contribution in [0, 0.1) is 11.3 Å². The third-order valence-corrected chi connectivity index (χ3v) is 5.79. The molecule has 1 heterocycles. The molecule has 13 heteroatoms. The van der Waals surface area contributed by atoms with Crippen molar-refractivity contribution in [3.8, 4) is 6.07 Å². The zero-order chi connectivity index (χ0) is 19.0. The van der Waals surface area contributed by atoms with E-state index in [0.717, 1.165) is 0 Å². The predicted molar refractivity (Wildman–Crippen MR) is 83.6 cm³/mol. The van der Waals surface area contributed by atoms with Crippen molar-refractivity contribution in [2.24, 2.45) is 9.98 Å². The average Bonchev–Trinajstić information content (AvgIpc) is 2.82. The third kappa shape index (κ3) is 4.02. The number of rotatable bonds is 6. The van der Waals surface area contributed by atoms with E-state index in [9.17, 15) is 26.2 Å².